The minimum atomic E-state index is -4.71. The summed E-state index contributed by atoms with van der Waals surface area (Å²) >= 11 is 0. The Morgan fingerprint density at radius 1 is 1.18 bits per heavy atom. The highest BCUT2D eigenvalue weighted by Gasteiger charge is 2.31. The number of aryl methyl sites for hydroxylation is 1. The van der Waals surface area contributed by atoms with Crippen LogP contribution in [-0.2, 0) is 6.42 Å². The summed E-state index contributed by atoms with van der Waals surface area (Å²) in [6, 6.07) is 5.45. The van der Waals surface area contributed by atoms with Gasteiger partial charge in [0, 0.05) is 6.42 Å². The predicted molar refractivity (Wildman–Crippen MR) is 72.3 cm³/mol. The first-order valence-electron chi connectivity index (χ1n) is 6.83. The van der Waals surface area contributed by atoms with Crippen LogP contribution < -0.4 is 4.74 Å². The summed E-state index contributed by atoms with van der Waals surface area (Å²) in [7, 11) is 0. The average molecular weight is 310 g/mol. The highest BCUT2D eigenvalue weighted by molar-refractivity contribution is 5.99. The Morgan fingerprint density at radius 3 is 2.50 bits per heavy atom. The number of rotatable bonds is 2. The van der Waals surface area contributed by atoms with Crippen LogP contribution >= 0.6 is 0 Å². The number of carbonyl (C=O) groups excluding carboxylic acids is 1. The summed E-state index contributed by atoms with van der Waals surface area (Å²) in [4.78, 5) is 12.0. The lowest BCUT2D eigenvalue weighted by atomic mass is 9.94. The first-order chi connectivity index (χ1) is 10.3. The van der Waals surface area contributed by atoms with Gasteiger partial charge in [-0.05, 0) is 44.0 Å². The van der Waals surface area contributed by atoms with Gasteiger partial charge in [0.2, 0.25) is 0 Å². The minimum Gasteiger partial charge on any atom is -0.406 e. The van der Waals surface area contributed by atoms with Crippen LogP contribution in [0.3, 0.4) is 0 Å². The van der Waals surface area contributed by atoms with Crippen molar-refractivity contribution in [2.75, 3.05) is 0 Å². The molecular formula is C15H13F3N2O2. The van der Waals surface area contributed by atoms with Crippen molar-refractivity contribution in [3.8, 4) is 11.4 Å². The fraction of sp³-hybridized carbons (Fsp3) is 0.333. The highest BCUT2D eigenvalue weighted by Crippen LogP contribution is 2.28. The third kappa shape index (κ3) is 2.70. The second-order valence-corrected chi connectivity index (χ2v) is 5.14. The van der Waals surface area contributed by atoms with Crippen molar-refractivity contribution in [1.29, 1.82) is 0 Å². The van der Waals surface area contributed by atoms with Crippen LogP contribution in [0.25, 0.3) is 5.69 Å². The zero-order chi connectivity index (χ0) is 15.9. The fourth-order valence-electron chi connectivity index (χ4n) is 2.71. The summed E-state index contributed by atoms with van der Waals surface area (Å²) in [6.45, 7) is 1.76. The molecule has 0 spiro atoms. The van der Waals surface area contributed by atoms with E-state index in [2.05, 4.69) is 9.84 Å². The Kier molecular flexibility index (Phi) is 3.42. The quantitative estimate of drug-likeness (QED) is 0.851. The molecule has 0 aliphatic heterocycles. The van der Waals surface area contributed by atoms with Gasteiger partial charge in [-0.15, -0.1) is 13.2 Å². The lowest BCUT2D eigenvalue weighted by Gasteiger charge is -2.14. The first kappa shape index (κ1) is 14.6. The lowest BCUT2D eigenvalue weighted by Crippen LogP contribution is -2.17. The number of Topliss-reactive ketones (excluding diaryl/α,β-unsaturated/α-hetero) is 1. The van der Waals surface area contributed by atoms with Gasteiger partial charge in [0.25, 0.3) is 0 Å². The van der Waals surface area contributed by atoms with Gasteiger partial charge in [-0.25, -0.2) is 4.68 Å². The number of fused-ring (bicyclic) bond motifs is 1. The van der Waals surface area contributed by atoms with E-state index in [4.69, 9.17) is 0 Å². The van der Waals surface area contributed by atoms with Crippen LogP contribution in [0.5, 0.6) is 5.75 Å². The number of alkyl halides is 3. The van der Waals surface area contributed by atoms with Crippen LogP contribution in [0.4, 0.5) is 13.2 Å². The zero-order valence-electron chi connectivity index (χ0n) is 11.8. The molecule has 0 fully saturated rings. The number of halogens is 3. The van der Waals surface area contributed by atoms with E-state index in [9.17, 15) is 18.0 Å². The molecule has 1 aliphatic carbocycles. The van der Waals surface area contributed by atoms with E-state index in [0.29, 0.717) is 23.4 Å². The zero-order valence-corrected chi connectivity index (χ0v) is 11.8. The van der Waals surface area contributed by atoms with E-state index in [0.717, 1.165) is 18.5 Å². The molecule has 0 bridgehead atoms. The molecule has 1 aromatic carbocycles. The smallest absolute Gasteiger partial charge is 0.406 e. The number of nitrogens with zero attached hydrogens (tertiary/aromatic N) is 2. The third-order valence-electron chi connectivity index (χ3n) is 3.57. The molecule has 0 amide bonds. The highest BCUT2D eigenvalue weighted by atomic mass is 19.4. The van der Waals surface area contributed by atoms with Crippen LogP contribution in [0.1, 0.15) is 34.6 Å². The molecule has 0 atom stereocenters. The normalized spacial score (nSPS) is 14.8. The molecule has 0 saturated heterocycles. The summed E-state index contributed by atoms with van der Waals surface area (Å²) in [5.41, 5.74) is 2.71. The molecule has 0 N–H and O–H groups in total. The van der Waals surface area contributed by atoms with E-state index in [1.54, 1.807) is 11.6 Å². The van der Waals surface area contributed by atoms with Gasteiger partial charge in [0.05, 0.1) is 22.6 Å². The fourth-order valence-corrected chi connectivity index (χ4v) is 2.71. The van der Waals surface area contributed by atoms with Gasteiger partial charge in [-0.3, -0.25) is 4.79 Å². The van der Waals surface area contributed by atoms with Crippen molar-refractivity contribution < 1.29 is 22.7 Å². The molecule has 0 radical (unpaired) electrons. The molecule has 4 nitrogen and oxygen atoms in total. The number of hydrogen-bond donors (Lipinski definition) is 0. The van der Waals surface area contributed by atoms with Gasteiger partial charge >= 0.3 is 6.36 Å². The Morgan fingerprint density at radius 2 is 1.86 bits per heavy atom. The topological polar surface area (TPSA) is 44.1 Å². The predicted octanol–water partition coefficient (Wildman–Crippen LogP) is 3.60. The van der Waals surface area contributed by atoms with Crippen LogP contribution in [0.2, 0.25) is 0 Å². The molecule has 7 heteroatoms. The molecule has 22 heavy (non-hydrogen) atoms. The maximum atomic E-state index is 12.2. The summed E-state index contributed by atoms with van der Waals surface area (Å²) in [5.74, 6) is -0.216. The second kappa shape index (κ2) is 5.15. The molecule has 0 unspecified atom stereocenters. The summed E-state index contributed by atoms with van der Waals surface area (Å²) in [5, 5.41) is 4.35. The van der Waals surface area contributed by atoms with Gasteiger partial charge in [0.15, 0.2) is 5.78 Å². The summed E-state index contributed by atoms with van der Waals surface area (Å²) in [6.07, 6.45) is -2.72. The van der Waals surface area contributed by atoms with Gasteiger partial charge in [-0.2, -0.15) is 5.10 Å². The Balaban J connectivity index is 1.95. The molecule has 1 aromatic heterocycles. The number of ether oxygens (including phenoxy) is 1. The van der Waals surface area contributed by atoms with Crippen molar-refractivity contribution in [3.05, 3.63) is 41.2 Å². The van der Waals surface area contributed by atoms with Crippen molar-refractivity contribution in [2.45, 2.75) is 32.5 Å². The average Bonchev–Trinajstić information content (AvgIpc) is 2.77. The monoisotopic (exact) mass is 310 g/mol. The van der Waals surface area contributed by atoms with E-state index in [-0.39, 0.29) is 11.5 Å². The summed E-state index contributed by atoms with van der Waals surface area (Å²) < 4.78 is 41.9. The van der Waals surface area contributed by atoms with E-state index < -0.39 is 6.36 Å². The van der Waals surface area contributed by atoms with E-state index in [1.807, 2.05) is 0 Å². The van der Waals surface area contributed by atoms with Crippen LogP contribution in [0, 0.1) is 6.92 Å². The van der Waals surface area contributed by atoms with Crippen molar-refractivity contribution >= 4 is 5.78 Å². The van der Waals surface area contributed by atoms with Gasteiger partial charge < -0.3 is 4.74 Å². The van der Waals surface area contributed by atoms with Gasteiger partial charge in [0.1, 0.15) is 5.75 Å². The number of aromatic nitrogens is 2. The molecule has 3 rings (SSSR count). The maximum absolute atomic E-state index is 12.2. The molecule has 1 heterocycles. The molecule has 2 aromatic rings. The molecule has 0 saturated carbocycles. The third-order valence-corrected chi connectivity index (χ3v) is 3.57. The number of ketones is 1. The van der Waals surface area contributed by atoms with Crippen LogP contribution in [0.15, 0.2) is 24.3 Å². The number of hydrogen-bond acceptors (Lipinski definition) is 3. The van der Waals surface area contributed by atoms with Crippen molar-refractivity contribution in [1.82, 2.24) is 9.78 Å². The Hall–Kier alpha value is -2.31. The standard InChI is InChI=1S/C15H13F3N2O2/c1-9-14-12(3-2-4-13(14)21)20(19-9)10-5-7-11(8-6-10)22-15(16,17)18/h5-8H,2-4H2,1H3. The lowest BCUT2D eigenvalue weighted by molar-refractivity contribution is -0.274. The first-order valence-corrected chi connectivity index (χ1v) is 6.83. The number of benzene rings is 1. The van der Waals surface area contributed by atoms with Gasteiger partial charge in [-0.1, -0.05) is 0 Å². The van der Waals surface area contributed by atoms with E-state index in [1.165, 1.54) is 24.3 Å². The maximum Gasteiger partial charge on any atom is 0.573 e. The largest absolute Gasteiger partial charge is 0.573 e. The molecular weight excluding hydrogens is 297 g/mol. The molecule has 1 aliphatic rings. The molecule has 116 valence electrons. The second-order valence-electron chi connectivity index (χ2n) is 5.14. The number of carbonyl (C=O) groups is 1. The minimum absolute atomic E-state index is 0.0713. The van der Waals surface area contributed by atoms with Crippen molar-refractivity contribution in [3.63, 3.8) is 0 Å². The Bertz CT molecular complexity index is 718. The van der Waals surface area contributed by atoms with Crippen LogP contribution in [-0.4, -0.2) is 21.9 Å². The Labute approximate surface area is 124 Å². The van der Waals surface area contributed by atoms with Crippen molar-refractivity contribution in [2.24, 2.45) is 0 Å². The van der Waals surface area contributed by atoms with E-state index >= 15 is 0 Å². The SMILES string of the molecule is Cc1nn(-c2ccc(OC(F)(F)F)cc2)c2c1C(=O)CCC2.